The van der Waals surface area contributed by atoms with Crippen LogP contribution >= 0.6 is 11.6 Å². The molecule has 0 radical (unpaired) electrons. The summed E-state index contributed by atoms with van der Waals surface area (Å²) in [6, 6.07) is 9.19. The SMILES string of the molecule is Cc1cc(O)c(C(O)=C2C(=O)C(=O)N(CCN(C)C)[C@@H]2c2ccc(Cl)cc2)cc1C. The van der Waals surface area contributed by atoms with Gasteiger partial charge >= 0.3 is 0 Å². The third-order valence-corrected chi connectivity index (χ3v) is 5.63. The average Bonchev–Trinajstić information content (AvgIpc) is 2.94. The number of aromatic hydroxyl groups is 1. The molecule has 1 fully saturated rings. The smallest absolute Gasteiger partial charge is 0.295 e. The van der Waals surface area contributed by atoms with Crippen molar-refractivity contribution in [2.75, 3.05) is 27.2 Å². The van der Waals surface area contributed by atoms with E-state index in [-0.39, 0.29) is 22.6 Å². The van der Waals surface area contributed by atoms with Crippen LogP contribution in [0.3, 0.4) is 0 Å². The number of amides is 1. The summed E-state index contributed by atoms with van der Waals surface area (Å²) in [4.78, 5) is 29.2. The maximum absolute atomic E-state index is 13.0. The molecule has 0 saturated carbocycles. The van der Waals surface area contributed by atoms with E-state index >= 15 is 0 Å². The van der Waals surface area contributed by atoms with Crippen molar-refractivity contribution >= 4 is 29.1 Å². The molecule has 1 atom stereocenters. The monoisotopic (exact) mass is 428 g/mol. The summed E-state index contributed by atoms with van der Waals surface area (Å²) < 4.78 is 0. The van der Waals surface area contributed by atoms with Crippen LogP contribution in [0, 0.1) is 13.8 Å². The van der Waals surface area contributed by atoms with Gasteiger partial charge in [-0.25, -0.2) is 0 Å². The lowest BCUT2D eigenvalue weighted by atomic mass is 9.94. The molecule has 7 heteroatoms. The maximum Gasteiger partial charge on any atom is 0.295 e. The minimum atomic E-state index is -0.775. The second kappa shape index (κ2) is 8.50. The molecule has 30 heavy (non-hydrogen) atoms. The fourth-order valence-corrected chi connectivity index (χ4v) is 3.67. The van der Waals surface area contributed by atoms with Gasteiger partial charge in [0.15, 0.2) is 0 Å². The van der Waals surface area contributed by atoms with Crippen molar-refractivity contribution in [3.63, 3.8) is 0 Å². The molecule has 0 aromatic heterocycles. The molecule has 1 aliphatic heterocycles. The second-order valence-corrected chi connectivity index (χ2v) is 8.24. The highest BCUT2D eigenvalue weighted by molar-refractivity contribution is 6.46. The third-order valence-electron chi connectivity index (χ3n) is 5.38. The molecule has 0 spiro atoms. The lowest BCUT2D eigenvalue weighted by Gasteiger charge is -2.26. The molecule has 2 N–H and O–H groups in total. The molecule has 0 aliphatic carbocycles. The van der Waals surface area contributed by atoms with Gasteiger partial charge in [0.25, 0.3) is 11.7 Å². The van der Waals surface area contributed by atoms with Gasteiger partial charge in [-0.2, -0.15) is 0 Å². The number of aliphatic hydroxyl groups is 1. The van der Waals surface area contributed by atoms with Crippen LogP contribution in [0.15, 0.2) is 42.0 Å². The number of likely N-dealkylation sites (N-methyl/N-ethyl adjacent to an activating group) is 1. The van der Waals surface area contributed by atoms with E-state index in [9.17, 15) is 19.8 Å². The van der Waals surface area contributed by atoms with Crippen molar-refractivity contribution in [1.82, 2.24) is 9.80 Å². The number of hydrogen-bond donors (Lipinski definition) is 2. The van der Waals surface area contributed by atoms with Crippen molar-refractivity contribution in [2.45, 2.75) is 19.9 Å². The molecule has 0 bridgehead atoms. The number of phenols is 1. The van der Waals surface area contributed by atoms with Gasteiger partial charge in [-0.3, -0.25) is 9.59 Å². The van der Waals surface area contributed by atoms with Gasteiger partial charge in [0.05, 0.1) is 17.2 Å². The number of halogens is 1. The van der Waals surface area contributed by atoms with Gasteiger partial charge in [0.2, 0.25) is 0 Å². The summed E-state index contributed by atoms with van der Waals surface area (Å²) in [5.74, 6) is -1.99. The van der Waals surface area contributed by atoms with Gasteiger partial charge < -0.3 is 20.0 Å². The fourth-order valence-electron chi connectivity index (χ4n) is 3.55. The van der Waals surface area contributed by atoms with E-state index in [1.807, 2.05) is 32.8 Å². The summed E-state index contributed by atoms with van der Waals surface area (Å²) in [5.41, 5.74) is 2.44. The quantitative estimate of drug-likeness (QED) is 0.431. The molecule has 0 unspecified atom stereocenters. The number of ketones is 1. The summed E-state index contributed by atoms with van der Waals surface area (Å²) in [5, 5.41) is 22.0. The van der Waals surface area contributed by atoms with Crippen LogP contribution in [0.5, 0.6) is 5.75 Å². The van der Waals surface area contributed by atoms with Gasteiger partial charge in [0.1, 0.15) is 11.5 Å². The third kappa shape index (κ3) is 4.06. The molecule has 1 aliphatic rings. The molecule has 1 heterocycles. The highest BCUT2D eigenvalue weighted by Gasteiger charge is 2.46. The zero-order chi connectivity index (χ0) is 22.2. The Bertz CT molecular complexity index is 1030. The number of rotatable bonds is 5. The average molecular weight is 429 g/mol. The van der Waals surface area contributed by atoms with Gasteiger partial charge in [-0.05, 0) is 68.9 Å². The van der Waals surface area contributed by atoms with Crippen molar-refractivity contribution < 1.29 is 19.8 Å². The standard InChI is InChI=1S/C23H25ClN2O4/c1-13-11-17(18(27)12-14(13)2)21(28)19-20(15-5-7-16(24)8-6-15)26(10-9-25(3)4)23(30)22(19)29/h5-8,11-12,20,27-28H,9-10H2,1-4H3/t20-/m1/s1. The molecule has 3 rings (SSSR count). The molecular weight excluding hydrogens is 404 g/mol. The molecule has 1 saturated heterocycles. The first-order chi connectivity index (χ1) is 14.1. The predicted octanol–water partition coefficient (Wildman–Crippen LogP) is 3.65. The van der Waals surface area contributed by atoms with Crippen LogP contribution in [0.1, 0.15) is 28.3 Å². The molecular formula is C23H25ClN2O4. The molecule has 1 amide bonds. The zero-order valence-electron chi connectivity index (χ0n) is 17.4. The Hall–Kier alpha value is -2.83. The summed E-state index contributed by atoms with van der Waals surface area (Å²) >= 11 is 6.01. The van der Waals surface area contributed by atoms with Gasteiger partial charge in [-0.15, -0.1) is 0 Å². The fraction of sp³-hybridized carbons (Fsp3) is 0.304. The second-order valence-electron chi connectivity index (χ2n) is 7.80. The van der Waals surface area contributed by atoms with Crippen molar-refractivity contribution in [2.24, 2.45) is 0 Å². The minimum absolute atomic E-state index is 0.0420. The minimum Gasteiger partial charge on any atom is -0.507 e. The number of aryl methyl sites for hydroxylation is 2. The Morgan fingerprint density at radius 3 is 2.30 bits per heavy atom. The zero-order valence-corrected chi connectivity index (χ0v) is 18.2. The first kappa shape index (κ1) is 21.9. The van der Waals surface area contributed by atoms with Crippen molar-refractivity contribution in [1.29, 1.82) is 0 Å². The van der Waals surface area contributed by atoms with Crippen LogP contribution in [-0.4, -0.2) is 58.9 Å². The van der Waals surface area contributed by atoms with E-state index in [1.54, 1.807) is 30.3 Å². The Labute approximate surface area is 181 Å². The predicted molar refractivity (Wildman–Crippen MR) is 117 cm³/mol. The maximum atomic E-state index is 13.0. The summed E-state index contributed by atoms with van der Waals surface area (Å²) in [6.45, 7) is 4.54. The first-order valence-corrected chi connectivity index (χ1v) is 9.98. The van der Waals surface area contributed by atoms with E-state index in [0.717, 1.165) is 11.1 Å². The number of benzene rings is 2. The number of nitrogens with zero attached hydrogens (tertiary/aromatic N) is 2. The van der Waals surface area contributed by atoms with Crippen LogP contribution in [-0.2, 0) is 9.59 Å². The summed E-state index contributed by atoms with van der Waals surface area (Å²) in [6.07, 6.45) is 0. The number of carbonyl (C=O) groups is 2. The van der Waals surface area contributed by atoms with Gasteiger partial charge in [0, 0.05) is 18.1 Å². The van der Waals surface area contributed by atoms with Crippen LogP contribution < -0.4 is 0 Å². The lowest BCUT2D eigenvalue weighted by molar-refractivity contribution is -0.140. The van der Waals surface area contributed by atoms with E-state index in [4.69, 9.17) is 11.6 Å². The lowest BCUT2D eigenvalue weighted by Crippen LogP contribution is -2.35. The Morgan fingerprint density at radius 1 is 1.10 bits per heavy atom. The van der Waals surface area contributed by atoms with Crippen molar-refractivity contribution in [3.8, 4) is 5.75 Å². The van der Waals surface area contributed by atoms with Crippen LogP contribution in [0.2, 0.25) is 5.02 Å². The molecule has 2 aromatic rings. The number of likely N-dealkylation sites (tertiary alicyclic amines) is 1. The van der Waals surface area contributed by atoms with E-state index in [0.29, 0.717) is 23.7 Å². The number of hydrogen-bond acceptors (Lipinski definition) is 5. The number of carbonyl (C=O) groups excluding carboxylic acids is 2. The first-order valence-electron chi connectivity index (χ1n) is 9.61. The van der Waals surface area contributed by atoms with Crippen LogP contribution in [0.25, 0.3) is 5.76 Å². The van der Waals surface area contributed by atoms with E-state index in [1.165, 1.54) is 11.0 Å². The highest BCUT2D eigenvalue weighted by atomic mass is 35.5. The molecule has 2 aromatic carbocycles. The Kier molecular flexibility index (Phi) is 6.19. The van der Waals surface area contributed by atoms with Crippen molar-refractivity contribution in [3.05, 3.63) is 69.2 Å². The number of aliphatic hydroxyl groups excluding tert-OH is 1. The molecule has 6 nitrogen and oxygen atoms in total. The Balaban J connectivity index is 2.20. The van der Waals surface area contributed by atoms with E-state index < -0.39 is 17.7 Å². The van der Waals surface area contributed by atoms with Gasteiger partial charge in [-0.1, -0.05) is 23.7 Å². The highest BCUT2D eigenvalue weighted by Crippen LogP contribution is 2.41. The largest absolute Gasteiger partial charge is 0.507 e. The topological polar surface area (TPSA) is 81.1 Å². The Morgan fingerprint density at radius 2 is 1.70 bits per heavy atom. The normalized spacial score (nSPS) is 18.5. The summed E-state index contributed by atoms with van der Waals surface area (Å²) in [7, 11) is 3.75. The van der Waals surface area contributed by atoms with Crippen LogP contribution in [0.4, 0.5) is 0 Å². The molecule has 158 valence electrons. The number of Topliss-reactive ketones (excluding diaryl/α,β-unsaturated/α-hetero) is 1. The van der Waals surface area contributed by atoms with E-state index in [2.05, 4.69) is 0 Å². The number of phenolic OH excluding ortho intramolecular Hbond substituents is 1.